The van der Waals surface area contributed by atoms with Crippen LogP contribution in [0.3, 0.4) is 0 Å². The van der Waals surface area contributed by atoms with Gasteiger partial charge in [0.25, 0.3) is 0 Å². The number of hydrogen-bond acceptors (Lipinski definition) is 2. The molecule has 72 valence electrons. The predicted molar refractivity (Wildman–Crippen MR) is 61.3 cm³/mol. The molecule has 0 unspecified atom stereocenters. The van der Waals surface area contributed by atoms with Crippen LogP contribution in [0.25, 0.3) is 11.1 Å². The smallest absolute Gasteiger partial charge is 0.0314 e. The number of nitrogens with two attached hydrogens (primary N) is 1. The van der Waals surface area contributed by atoms with Crippen LogP contribution < -0.4 is 11.9 Å². The Hall–Kier alpha value is -1.80. The van der Waals surface area contributed by atoms with E-state index in [-0.39, 0.29) is 6.15 Å². The molecule has 2 rings (SSSR count). The van der Waals surface area contributed by atoms with E-state index in [0.29, 0.717) is 0 Å². The lowest BCUT2D eigenvalue weighted by Crippen LogP contribution is -1.83. The summed E-state index contributed by atoms with van der Waals surface area (Å²) < 4.78 is 0. The van der Waals surface area contributed by atoms with Crippen molar-refractivity contribution in [2.75, 3.05) is 5.73 Å². The van der Waals surface area contributed by atoms with Gasteiger partial charge in [-0.25, -0.2) is 0 Å². The minimum atomic E-state index is 0. The molecule has 2 nitrogen and oxygen atoms in total. The third-order valence-corrected chi connectivity index (χ3v) is 2.02. The summed E-state index contributed by atoms with van der Waals surface area (Å²) in [6, 6.07) is 18.2. The summed E-state index contributed by atoms with van der Waals surface area (Å²) >= 11 is 0. The molecule has 0 amide bonds. The van der Waals surface area contributed by atoms with E-state index in [9.17, 15) is 0 Å². The topological polar surface area (TPSA) is 61.0 Å². The Morgan fingerprint density at radius 1 is 0.643 bits per heavy atom. The summed E-state index contributed by atoms with van der Waals surface area (Å²) in [6.07, 6.45) is 0. The molecule has 14 heavy (non-hydrogen) atoms. The van der Waals surface area contributed by atoms with Gasteiger partial charge in [0.1, 0.15) is 0 Å². The van der Waals surface area contributed by atoms with E-state index >= 15 is 0 Å². The predicted octanol–water partition coefficient (Wildman–Crippen LogP) is 3.10. The van der Waals surface area contributed by atoms with Crippen LogP contribution in [0.5, 0.6) is 0 Å². The van der Waals surface area contributed by atoms with Gasteiger partial charge >= 0.3 is 0 Å². The Bertz CT molecular complexity index is 379. The Morgan fingerprint density at radius 2 is 1.14 bits per heavy atom. The molecular weight excluding hydrogens is 172 g/mol. The molecule has 5 N–H and O–H groups in total. The summed E-state index contributed by atoms with van der Waals surface area (Å²) in [6.45, 7) is 0. The molecule has 0 aliphatic carbocycles. The minimum Gasteiger partial charge on any atom is -0.399 e. The Labute approximate surface area is 84.0 Å². The summed E-state index contributed by atoms with van der Waals surface area (Å²) in [7, 11) is 0. The normalized spacial score (nSPS) is 9.14. The van der Waals surface area contributed by atoms with Gasteiger partial charge in [0.15, 0.2) is 0 Å². The third kappa shape index (κ3) is 2.12. The van der Waals surface area contributed by atoms with Crippen LogP contribution >= 0.6 is 0 Å². The molecule has 0 aliphatic heterocycles. The van der Waals surface area contributed by atoms with Gasteiger partial charge < -0.3 is 11.9 Å². The maximum Gasteiger partial charge on any atom is 0.0314 e. The largest absolute Gasteiger partial charge is 0.399 e. The van der Waals surface area contributed by atoms with Gasteiger partial charge in [0.2, 0.25) is 0 Å². The molecule has 0 heterocycles. The van der Waals surface area contributed by atoms with E-state index in [1.165, 1.54) is 11.1 Å². The van der Waals surface area contributed by atoms with Crippen molar-refractivity contribution in [1.29, 1.82) is 0 Å². The van der Waals surface area contributed by atoms with Crippen LogP contribution in [0.15, 0.2) is 54.6 Å². The molecule has 0 fully saturated rings. The molecular formula is C12H14N2. The van der Waals surface area contributed by atoms with Crippen molar-refractivity contribution in [2.24, 2.45) is 0 Å². The fourth-order valence-electron chi connectivity index (χ4n) is 1.31. The molecule has 2 aromatic carbocycles. The highest BCUT2D eigenvalue weighted by Gasteiger charge is 1.94. The fraction of sp³-hybridized carbons (Fsp3) is 0. The van der Waals surface area contributed by atoms with Gasteiger partial charge in [-0.15, -0.1) is 0 Å². The van der Waals surface area contributed by atoms with E-state index in [1.807, 2.05) is 42.5 Å². The van der Waals surface area contributed by atoms with Gasteiger partial charge in [0.05, 0.1) is 0 Å². The summed E-state index contributed by atoms with van der Waals surface area (Å²) in [5.74, 6) is 0. The monoisotopic (exact) mass is 186 g/mol. The Kier molecular flexibility index (Phi) is 3.26. The SMILES string of the molecule is N.Nc1ccc(-c2ccccc2)cc1. The Morgan fingerprint density at radius 3 is 1.71 bits per heavy atom. The van der Waals surface area contributed by atoms with Gasteiger partial charge in [-0.2, -0.15) is 0 Å². The fourth-order valence-corrected chi connectivity index (χ4v) is 1.31. The standard InChI is InChI=1S/C12H11N.H3N/c13-12-8-6-11(7-9-12)10-4-2-1-3-5-10;/h1-9H,13H2;1H3. The number of hydrogen-bond donors (Lipinski definition) is 2. The van der Waals surface area contributed by atoms with Crippen LogP contribution in [0.1, 0.15) is 0 Å². The van der Waals surface area contributed by atoms with Crippen LogP contribution in [0, 0.1) is 0 Å². The molecule has 0 aromatic heterocycles. The highest BCUT2D eigenvalue weighted by molar-refractivity contribution is 5.65. The third-order valence-electron chi connectivity index (χ3n) is 2.02. The van der Waals surface area contributed by atoms with E-state index in [0.717, 1.165) is 5.69 Å². The maximum absolute atomic E-state index is 5.60. The van der Waals surface area contributed by atoms with Crippen LogP contribution in [-0.2, 0) is 0 Å². The van der Waals surface area contributed by atoms with E-state index in [4.69, 9.17) is 5.73 Å². The first-order valence-electron chi connectivity index (χ1n) is 4.27. The number of nitrogen functional groups attached to an aromatic ring is 1. The average molecular weight is 186 g/mol. The number of anilines is 1. The highest BCUT2D eigenvalue weighted by atomic mass is 14.5. The van der Waals surface area contributed by atoms with Crippen LogP contribution in [-0.4, -0.2) is 0 Å². The molecule has 0 saturated carbocycles. The first-order valence-corrected chi connectivity index (χ1v) is 4.27. The molecule has 2 aromatic rings. The van der Waals surface area contributed by atoms with Crippen molar-refractivity contribution in [3.05, 3.63) is 54.6 Å². The summed E-state index contributed by atoms with van der Waals surface area (Å²) in [5, 5.41) is 0. The highest BCUT2D eigenvalue weighted by Crippen LogP contribution is 2.19. The van der Waals surface area contributed by atoms with Crippen LogP contribution in [0.4, 0.5) is 5.69 Å². The maximum atomic E-state index is 5.60. The van der Waals surface area contributed by atoms with Crippen molar-refractivity contribution in [3.8, 4) is 11.1 Å². The zero-order chi connectivity index (χ0) is 9.10. The van der Waals surface area contributed by atoms with Crippen molar-refractivity contribution < 1.29 is 0 Å². The van der Waals surface area contributed by atoms with E-state index < -0.39 is 0 Å². The van der Waals surface area contributed by atoms with Gasteiger partial charge in [-0.1, -0.05) is 42.5 Å². The first kappa shape index (κ1) is 10.3. The lowest BCUT2D eigenvalue weighted by Gasteiger charge is -2.00. The molecule has 2 heteroatoms. The molecule has 0 atom stereocenters. The zero-order valence-electron chi connectivity index (χ0n) is 7.98. The molecule has 0 spiro atoms. The zero-order valence-corrected chi connectivity index (χ0v) is 7.98. The quantitative estimate of drug-likeness (QED) is 0.672. The van der Waals surface area contributed by atoms with Crippen molar-refractivity contribution in [2.45, 2.75) is 0 Å². The van der Waals surface area contributed by atoms with E-state index in [2.05, 4.69) is 12.1 Å². The lowest BCUT2D eigenvalue weighted by molar-refractivity contribution is 1.61. The Balaban J connectivity index is 0.000000980. The van der Waals surface area contributed by atoms with Crippen LogP contribution in [0.2, 0.25) is 0 Å². The van der Waals surface area contributed by atoms with Gasteiger partial charge in [0, 0.05) is 5.69 Å². The number of rotatable bonds is 1. The second-order valence-electron chi connectivity index (χ2n) is 2.99. The van der Waals surface area contributed by atoms with E-state index in [1.54, 1.807) is 0 Å². The summed E-state index contributed by atoms with van der Waals surface area (Å²) in [4.78, 5) is 0. The van der Waals surface area contributed by atoms with Gasteiger partial charge in [-0.3, -0.25) is 0 Å². The first-order chi connectivity index (χ1) is 6.36. The number of benzene rings is 2. The second kappa shape index (κ2) is 4.44. The molecule has 0 radical (unpaired) electrons. The van der Waals surface area contributed by atoms with Crippen molar-refractivity contribution in [1.82, 2.24) is 6.15 Å². The molecule has 0 aliphatic rings. The lowest BCUT2D eigenvalue weighted by atomic mass is 10.1. The summed E-state index contributed by atoms with van der Waals surface area (Å²) in [5.41, 5.74) is 8.84. The average Bonchev–Trinajstić information content (AvgIpc) is 2.20. The van der Waals surface area contributed by atoms with Crippen molar-refractivity contribution >= 4 is 5.69 Å². The van der Waals surface area contributed by atoms with Crippen molar-refractivity contribution in [3.63, 3.8) is 0 Å². The minimum absolute atomic E-state index is 0. The second-order valence-corrected chi connectivity index (χ2v) is 2.99. The molecule has 0 bridgehead atoms. The molecule has 0 saturated heterocycles. The van der Waals surface area contributed by atoms with Gasteiger partial charge in [-0.05, 0) is 23.3 Å².